The predicted octanol–water partition coefficient (Wildman–Crippen LogP) is 6.00. The summed E-state index contributed by atoms with van der Waals surface area (Å²) >= 11 is 0. The third kappa shape index (κ3) is 11.2. The molecule has 2 aromatic carbocycles. The van der Waals surface area contributed by atoms with Gasteiger partial charge in [0.25, 0.3) is 0 Å². The Balaban J connectivity index is 0.000000338. The van der Waals surface area contributed by atoms with Gasteiger partial charge in [0.15, 0.2) is 0 Å². The van der Waals surface area contributed by atoms with Crippen LogP contribution in [0.15, 0.2) is 48.5 Å². The minimum atomic E-state index is -0.843. The summed E-state index contributed by atoms with van der Waals surface area (Å²) in [6, 6.07) is 15.0. The minimum Gasteiger partial charge on any atom is -0.508 e. The number of aliphatic hydroxyl groups excluding tert-OH is 2. The fourth-order valence-electron chi connectivity index (χ4n) is 7.78. The zero-order valence-corrected chi connectivity index (χ0v) is 30.5. The number of nitrogens with one attached hydrogen (secondary N) is 1. The van der Waals surface area contributed by atoms with Crippen LogP contribution in [0.4, 0.5) is 0 Å². The van der Waals surface area contributed by atoms with Crippen LogP contribution in [-0.2, 0) is 21.7 Å². The standard InChI is InChI=1S/C28H46NO3.C10H15NO3.BrH/c1-2-3-20-31-21-10-9-17-29-18-15-24(16-19-29)27(22-29)32-23-28(30,26-13-7-8-14-26)25-11-5-4-6-12-25;1-11-5-10(14)7-2-3-9(13)8(4-7)6-12;/h4-6,11-12,24,26-27,30H,2-3,7-10,13-23H2,1H3;2-4,10-14H,5-6H2,1H3;1H/q+1;;/t24?,27-,28+,29?;10-;/m00./s1. The molecule has 266 valence electrons. The van der Waals surface area contributed by atoms with Crippen LogP contribution in [-0.4, -0.2) is 90.6 Å². The lowest BCUT2D eigenvalue weighted by molar-refractivity contribution is -0.946. The quantitative estimate of drug-likeness (QED) is 0.101. The van der Waals surface area contributed by atoms with E-state index in [1.807, 2.05) is 6.07 Å². The average Bonchev–Trinajstić information content (AvgIpc) is 3.64. The van der Waals surface area contributed by atoms with Gasteiger partial charge in [0.1, 0.15) is 24.0 Å². The van der Waals surface area contributed by atoms with Crippen molar-refractivity contribution in [2.24, 2.45) is 11.8 Å². The number of benzene rings is 2. The fraction of sp³-hybridized carbons (Fsp3) is 0.684. The second-order valence-electron chi connectivity index (χ2n) is 13.9. The Labute approximate surface area is 293 Å². The maximum Gasteiger partial charge on any atom is 0.121 e. The third-order valence-corrected chi connectivity index (χ3v) is 10.7. The number of hydrogen-bond acceptors (Lipinski definition) is 7. The fourth-order valence-corrected chi connectivity index (χ4v) is 7.78. The van der Waals surface area contributed by atoms with Crippen molar-refractivity contribution in [2.75, 3.05) is 59.6 Å². The number of nitrogens with zero attached hydrogens (tertiary/aromatic N) is 1. The summed E-state index contributed by atoms with van der Waals surface area (Å²) in [6.07, 6.45) is 11.7. The Hall–Kier alpha value is -1.56. The number of phenols is 1. The van der Waals surface area contributed by atoms with Crippen LogP contribution in [0.25, 0.3) is 0 Å². The predicted molar refractivity (Wildman–Crippen MR) is 193 cm³/mol. The van der Waals surface area contributed by atoms with Crippen LogP contribution in [0.1, 0.15) is 93.9 Å². The normalized spacial score (nSPS) is 24.2. The van der Waals surface area contributed by atoms with Crippen molar-refractivity contribution in [1.29, 1.82) is 0 Å². The molecule has 47 heavy (non-hydrogen) atoms. The van der Waals surface area contributed by atoms with Gasteiger partial charge in [-0.15, -0.1) is 17.0 Å². The molecule has 3 aliphatic heterocycles. The molecule has 0 unspecified atom stereocenters. The highest BCUT2D eigenvalue weighted by Gasteiger charge is 2.48. The Bertz CT molecular complexity index is 1140. The van der Waals surface area contributed by atoms with Gasteiger partial charge in [0.05, 0.1) is 39.0 Å². The maximum absolute atomic E-state index is 11.9. The van der Waals surface area contributed by atoms with Gasteiger partial charge < -0.3 is 39.7 Å². The minimum absolute atomic E-state index is 0. The number of ether oxygens (including phenoxy) is 2. The molecule has 0 radical (unpaired) electrons. The maximum atomic E-state index is 11.9. The van der Waals surface area contributed by atoms with Crippen LogP contribution < -0.4 is 5.32 Å². The summed E-state index contributed by atoms with van der Waals surface area (Å²) in [5.41, 5.74) is 1.31. The van der Waals surface area contributed by atoms with Gasteiger partial charge >= 0.3 is 0 Å². The van der Waals surface area contributed by atoms with Crippen LogP contribution in [0.3, 0.4) is 0 Å². The number of quaternary nitrogens is 1. The zero-order chi connectivity index (χ0) is 32.8. The summed E-state index contributed by atoms with van der Waals surface area (Å²) in [5.74, 6) is 1.05. The Morgan fingerprint density at radius 3 is 2.34 bits per heavy atom. The molecule has 2 aromatic rings. The number of unbranched alkanes of at least 4 members (excludes halogenated alkanes) is 2. The van der Waals surface area contributed by atoms with E-state index in [4.69, 9.17) is 14.6 Å². The molecule has 1 aliphatic carbocycles. The molecule has 8 nitrogen and oxygen atoms in total. The smallest absolute Gasteiger partial charge is 0.121 e. The van der Waals surface area contributed by atoms with Crippen molar-refractivity contribution < 1.29 is 34.4 Å². The van der Waals surface area contributed by atoms with E-state index in [1.165, 1.54) is 81.6 Å². The number of rotatable bonds is 17. The van der Waals surface area contributed by atoms with Crippen LogP contribution in [0.5, 0.6) is 5.75 Å². The lowest BCUT2D eigenvalue weighted by Crippen LogP contribution is -2.64. The topological polar surface area (TPSA) is 111 Å². The van der Waals surface area contributed by atoms with Crippen LogP contribution >= 0.6 is 17.0 Å². The molecule has 1 saturated carbocycles. The first-order chi connectivity index (χ1) is 22.3. The molecule has 9 heteroatoms. The molecule has 3 heterocycles. The number of hydrogen-bond donors (Lipinski definition) is 5. The summed E-state index contributed by atoms with van der Waals surface area (Å²) in [5, 5.41) is 42.5. The monoisotopic (exact) mass is 721 g/mol. The SMILES string of the molecule is Br.CCCCOCCCC[N+]12CCC(CC1)[C@@H](OC[C@@](O)(c1ccccc1)C1CCCC1)C2.CNC[C@H](O)c1ccc(O)c(CO)c1. The third-order valence-electron chi connectivity index (χ3n) is 10.7. The first-order valence-corrected chi connectivity index (χ1v) is 17.9. The van der Waals surface area contributed by atoms with Gasteiger partial charge in [0.2, 0.25) is 0 Å². The van der Waals surface area contributed by atoms with Crippen molar-refractivity contribution in [3.05, 3.63) is 65.2 Å². The summed E-state index contributed by atoms with van der Waals surface area (Å²) in [7, 11) is 1.75. The Morgan fingerprint density at radius 2 is 1.68 bits per heavy atom. The first kappa shape index (κ1) is 39.9. The summed E-state index contributed by atoms with van der Waals surface area (Å²) in [6.45, 7) is 9.72. The number of piperidine rings is 3. The van der Waals surface area contributed by atoms with E-state index in [2.05, 4.69) is 36.5 Å². The van der Waals surface area contributed by atoms with Crippen molar-refractivity contribution in [3.8, 4) is 5.75 Å². The summed E-state index contributed by atoms with van der Waals surface area (Å²) in [4.78, 5) is 0. The van der Waals surface area contributed by atoms with Gasteiger partial charge in [-0.1, -0.05) is 62.6 Å². The molecule has 3 atom stereocenters. The molecule has 0 aromatic heterocycles. The molecule has 4 aliphatic rings. The lowest BCUT2D eigenvalue weighted by Gasteiger charge is -2.53. The second-order valence-corrected chi connectivity index (χ2v) is 13.9. The van der Waals surface area contributed by atoms with Gasteiger partial charge in [-0.2, -0.15) is 0 Å². The van der Waals surface area contributed by atoms with E-state index in [0.29, 0.717) is 42.2 Å². The number of likely N-dealkylation sites (N-methyl/N-ethyl adjacent to an activating group) is 1. The first-order valence-electron chi connectivity index (χ1n) is 17.9. The highest BCUT2D eigenvalue weighted by Crippen LogP contribution is 2.42. The van der Waals surface area contributed by atoms with E-state index in [-0.39, 0.29) is 29.3 Å². The number of aromatic hydroxyl groups is 1. The van der Waals surface area contributed by atoms with Crippen LogP contribution in [0, 0.1) is 11.8 Å². The highest BCUT2D eigenvalue weighted by molar-refractivity contribution is 8.93. The van der Waals surface area contributed by atoms with E-state index >= 15 is 0 Å². The molecule has 5 N–H and O–H groups in total. The van der Waals surface area contributed by atoms with Crippen molar-refractivity contribution in [2.45, 2.75) is 95.5 Å². The van der Waals surface area contributed by atoms with Crippen molar-refractivity contribution >= 4 is 17.0 Å². The van der Waals surface area contributed by atoms with Crippen molar-refractivity contribution in [1.82, 2.24) is 5.32 Å². The Morgan fingerprint density at radius 1 is 0.979 bits per heavy atom. The molecule has 4 fully saturated rings. The van der Waals surface area contributed by atoms with E-state index in [1.54, 1.807) is 19.2 Å². The number of halogens is 1. The Kier molecular flexibility index (Phi) is 17.1. The van der Waals surface area contributed by atoms with E-state index in [9.17, 15) is 15.3 Å². The van der Waals surface area contributed by atoms with Gasteiger partial charge in [-0.3, -0.25) is 0 Å². The largest absolute Gasteiger partial charge is 0.508 e. The van der Waals surface area contributed by atoms with Gasteiger partial charge in [-0.05, 0) is 68.3 Å². The molecule has 2 bridgehead atoms. The van der Waals surface area contributed by atoms with Gasteiger partial charge in [-0.25, -0.2) is 0 Å². The van der Waals surface area contributed by atoms with E-state index < -0.39 is 11.7 Å². The second kappa shape index (κ2) is 20.2. The molecule has 3 saturated heterocycles. The molecule has 6 rings (SSSR count). The molecular formula is C38H62BrN2O6+. The average molecular weight is 723 g/mol. The van der Waals surface area contributed by atoms with E-state index in [0.717, 1.165) is 38.2 Å². The van der Waals surface area contributed by atoms with Gasteiger partial charge in [0, 0.05) is 44.1 Å². The number of fused-ring (bicyclic) bond motifs is 3. The molecule has 0 amide bonds. The van der Waals surface area contributed by atoms with Crippen LogP contribution in [0.2, 0.25) is 0 Å². The molecule has 0 spiro atoms. The number of aliphatic hydroxyl groups is 3. The summed E-state index contributed by atoms with van der Waals surface area (Å²) < 4.78 is 13.6. The zero-order valence-electron chi connectivity index (χ0n) is 28.8. The lowest BCUT2D eigenvalue weighted by atomic mass is 9.80. The molecular weight excluding hydrogens is 660 g/mol. The van der Waals surface area contributed by atoms with Crippen molar-refractivity contribution in [3.63, 3.8) is 0 Å². The highest BCUT2D eigenvalue weighted by atomic mass is 79.9.